The van der Waals surface area contributed by atoms with Crippen molar-refractivity contribution in [2.24, 2.45) is 0 Å². The number of fused-ring (bicyclic) bond motifs is 1. The zero-order valence-corrected chi connectivity index (χ0v) is 20.7. The fraction of sp³-hybridized carbons (Fsp3) is 0.250. The lowest BCUT2D eigenvalue weighted by molar-refractivity contribution is -0.274. The molecule has 0 aliphatic heterocycles. The van der Waals surface area contributed by atoms with Crippen molar-refractivity contribution < 1.29 is 22.3 Å². The van der Waals surface area contributed by atoms with Crippen LogP contribution in [0, 0.1) is 17.7 Å². The second-order valence-corrected chi connectivity index (χ2v) is 9.05. The summed E-state index contributed by atoms with van der Waals surface area (Å²) in [6, 6.07) is 22.2. The third-order valence-corrected chi connectivity index (χ3v) is 6.23. The van der Waals surface area contributed by atoms with Crippen molar-refractivity contribution in [3.05, 3.63) is 101 Å². The number of hydrogen-bond donors (Lipinski definition) is 0. The quantitative estimate of drug-likeness (QED) is 0.132. The molecule has 5 heteroatoms. The van der Waals surface area contributed by atoms with Crippen molar-refractivity contribution in [1.82, 2.24) is 0 Å². The molecule has 0 atom stereocenters. The van der Waals surface area contributed by atoms with Gasteiger partial charge >= 0.3 is 6.36 Å². The molecule has 0 unspecified atom stereocenters. The lowest BCUT2D eigenvalue weighted by atomic mass is 9.99. The van der Waals surface area contributed by atoms with Crippen molar-refractivity contribution in [2.45, 2.75) is 51.8 Å². The Morgan fingerprint density at radius 1 is 0.730 bits per heavy atom. The Bertz CT molecular complexity index is 1390. The summed E-state index contributed by atoms with van der Waals surface area (Å²) in [6.45, 7) is 2.22. The lowest BCUT2D eigenvalue weighted by Gasteiger charge is -2.10. The van der Waals surface area contributed by atoms with Crippen LogP contribution in [0.1, 0.15) is 55.7 Å². The number of ether oxygens (including phenoxy) is 1. The molecule has 4 aromatic rings. The monoisotopic (exact) mass is 504 g/mol. The van der Waals surface area contributed by atoms with Crippen LogP contribution in [-0.4, -0.2) is 6.36 Å². The van der Waals surface area contributed by atoms with E-state index < -0.39 is 12.2 Å². The van der Waals surface area contributed by atoms with Gasteiger partial charge in [0, 0.05) is 22.1 Å². The zero-order valence-electron chi connectivity index (χ0n) is 20.7. The second-order valence-electron chi connectivity index (χ2n) is 9.05. The van der Waals surface area contributed by atoms with Gasteiger partial charge in [-0.05, 0) is 65.8 Å². The first-order valence-corrected chi connectivity index (χ1v) is 12.5. The molecule has 0 spiro atoms. The summed E-state index contributed by atoms with van der Waals surface area (Å²) in [5, 5.41) is 1.12. The van der Waals surface area contributed by atoms with E-state index in [9.17, 15) is 13.2 Å². The molecule has 0 heterocycles. The number of unbranched alkanes of at least 4 members (excludes halogenated alkanes) is 4. The summed E-state index contributed by atoms with van der Waals surface area (Å²) < 4.78 is 56.3. The predicted octanol–water partition coefficient (Wildman–Crippen LogP) is 9.46. The summed E-state index contributed by atoms with van der Waals surface area (Å²) in [4.78, 5) is 0. The number of hydrogen-bond acceptors (Lipinski definition) is 1. The Labute approximate surface area is 215 Å². The molecule has 0 aliphatic carbocycles. The van der Waals surface area contributed by atoms with Crippen LogP contribution in [0.25, 0.3) is 21.9 Å². The molecule has 0 aromatic heterocycles. The molecule has 0 fully saturated rings. The third kappa shape index (κ3) is 7.36. The number of rotatable bonds is 8. The normalized spacial score (nSPS) is 11.3. The van der Waals surface area contributed by atoms with Gasteiger partial charge in [0.2, 0.25) is 0 Å². The van der Waals surface area contributed by atoms with E-state index >= 15 is 4.39 Å². The molecule has 0 radical (unpaired) electrons. The molecule has 0 saturated carbocycles. The van der Waals surface area contributed by atoms with Crippen LogP contribution in [0.5, 0.6) is 5.75 Å². The average Bonchev–Trinajstić information content (AvgIpc) is 2.88. The predicted molar refractivity (Wildman–Crippen MR) is 141 cm³/mol. The molecular weight excluding hydrogens is 476 g/mol. The molecular formula is C32H28F4O. The van der Waals surface area contributed by atoms with Crippen LogP contribution in [0.2, 0.25) is 0 Å². The van der Waals surface area contributed by atoms with E-state index in [0.29, 0.717) is 21.9 Å². The summed E-state index contributed by atoms with van der Waals surface area (Å²) in [6.07, 6.45) is 2.64. The van der Waals surface area contributed by atoms with Crippen molar-refractivity contribution in [2.75, 3.05) is 0 Å². The maximum absolute atomic E-state index is 15.2. The minimum absolute atomic E-state index is 0.301. The minimum Gasteiger partial charge on any atom is -0.406 e. The Balaban J connectivity index is 1.45. The van der Waals surface area contributed by atoms with E-state index in [2.05, 4.69) is 35.6 Å². The molecule has 4 aromatic carbocycles. The van der Waals surface area contributed by atoms with Gasteiger partial charge in [0.05, 0.1) is 0 Å². The van der Waals surface area contributed by atoms with Gasteiger partial charge < -0.3 is 4.74 Å². The van der Waals surface area contributed by atoms with Crippen LogP contribution in [-0.2, 0) is 6.42 Å². The van der Waals surface area contributed by atoms with Gasteiger partial charge in [0.1, 0.15) is 11.6 Å². The highest BCUT2D eigenvalue weighted by molar-refractivity contribution is 5.89. The summed E-state index contributed by atoms with van der Waals surface area (Å²) in [7, 11) is 0. The molecule has 0 bridgehead atoms. The molecule has 4 rings (SSSR count). The minimum atomic E-state index is -4.77. The molecule has 1 nitrogen and oxygen atoms in total. The Morgan fingerprint density at radius 2 is 1.41 bits per heavy atom. The summed E-state index contributed by atoms with van der Waals surface area (Å²) >= 11 is 0. The molecule has 0 saturated heterocycles. The lowest BCUT2D eigenvalue weighted by Crippen LogP contribution is -2.16. The Hall–Kier alpha value is -3.78. The van der Waals surface area contributed by atoms with Crippen molar-refractivity contribution in [3.63, 3.8) is 0 Å². The first-order valence-electron chi connectivity index (χ1n) is 12.5. The first kappa shape index (κ1) is 26.3. The topological polar surface area (TPSA) is 9.23 Å². The molecule has 37 heavy (non-hydrogen) atoms. The van der Waals surface area contributed by atoms with Crippen LogP contribution in [0.4, 0.5) is 17.6 Å². The van der Waals surface area contributed by atoms with Gasteiger partial charge in [-0.15, -0.1) is 13.2 Å². The van der Waals surface area contributed by atoms with Gasteiger partial charge in [-0.25, -0.2) is 4.39 Å². The van der Waals surface area contributed by atoms with Crippen molar-refractivity contribution >= 4 is 10.8 Å². The Morgan fingerprint density at radius 3 is 2.11 bits per heavy atom. The summed E-state index contributed by atoms with van der Waals surface area (Å²) in [5.74, 6) is 5.54. The Kier molecular flexibility index (Phi) is 8.50. The average molecular weight is 505 g/mol. The molecule has 190 valence electrons. The zero-order chi connectivity index (χ0) is 26.3. The van der Waals surface area contributed by atoms with E-state index in [-0.39, 0.29) is 5.75 Å². The van der Waals surface area contributed by atoms with E-state index in [1.54, 1.807) is 24.3 Å². The second kappa shape index (κ2) is 12.0. The number of benzene rings is 4. The third-order valence-electron chi connectivity index (χ3n) is 6.23. The largest absolute Gasteiger partial charge is 0.573 e. The van der Waals surface area contributed by atoms with Gasteiger partial charge in [-0.1, -0.05) is 86.9 Å². The van der Waals surface area contributed by atoms with Gasteiger partial charge in [0.15, 0.2) is 0 Å². The maximum Gasteiger partial charge on any atom is 0.573 e. The fourth-order valence-electron chi connectivity index (χ4n) is 4.26. The van der Waals surface area contributed by atoms with E-state index in [1.807, 2.05) is 18.2 Å². The first-order chi connectivity index (χ1) is 17.8. The van der Waals surface area contributed by atoms with Gasteiger partial charge in [-0.3, -0.25) is 0 Å². The van der Waals surface area contributed by atoms with Gasteiger partial charge in [0.25, 0.3) is 0 Å². The number of halogens is 4. The SMILES string of the molecule is CCCCCCCc1ccc(C#Cc2ccc3c(F)c(-c4ccc(OC(F)(F)F)cc4)ccc3c2)cc1. The van der Waals surface area contributed by atoms with E-state index in [1.165, 1.54) is 61.9 Å². The molecule has 0 amide bonds. The van der Waals surface area contributed by atoms with Crippen LogP contribution in [0.15, 0.2) is 78.9 Å². The van der Waals surface area contributed by atoms with Crippen LogP contribution in [0.3, 0.4) is 0 Å². The number of aryl methyl sites for hydroxylation is 1. The highest BCUT2D eigenvalue weighted by atomic mass is 19.4. The van der Waals surface area contributed by atoms with E-state index in [4.69, 9.17) is 0 Å². The van der Waals surface area contributed by atoms with Gasteiger partial charge in [-0.2, -0.15) is 0 Å². The highest BCUT2D eigenvalue weighted by Gasteiger charge is 2.31. The number of alkyl halides is 3. The standard InChI is InChI=1S/C32H28F4O/c1-2-3-4-5-6-7-23-8-10-24(11-9-23)12-13-25-14-20-30-27(22-25)17-21-29(31(30)33)26-15-18-28(19-16-26)37-32(34,35)36/h8-11,14-22H,2-7H2,1H3. The van der Waals surface area contributed by atoms with Crippen molar-refractivity contribution in [3.8, 4) is 28.7 Å². The van der Waals surface area contributed by atoms with Crippen molar-refractivity contribution in [1.29, 1.82) is 0 Å². The molecule has 0 aliphatic rings. The summed E-state index contributed by atoms with van der Waals surface area (Å²) in [5.41, 5.74) is 3.78. The maximum atomic E-state index is 15.2. The van der Waals surface area contributed by atoms with Crippen LogP contribution >= 0.6 is 0 Å². The van der Waals surface area contributed by atoms with Crippen LogP contribution < -0.4 is 4.74 Å². The highest BCUT2D eigenvalue weighted by Crippen LogP contribution is 2.31. The molecule has 0 N–H and O–H groups in total. The van der Waals surface area contributed by atoms with E-state index in [0.717, 1.165) is 17.5 Å². The smallest absolute Gasteiger partial charge is 0.406 e. The fourth-order valence-corrected chi connectivity index (χ4v) is 4.26.